The first-order valence-corrected chi connectivity index (χ1v) is 8.94. The summed E-state index contributed by atoms with van der Waals surface area (Å²) in [4.78, 5) is 17.0. The van der Waals surface area contributed by atoms with Crippen LogP contribution in [0.1, 0.15) is 23.6 Å². The SMILES string of the molecule is COc1ccc(OC)c([C@@H]2CC(=O)Nc3c2ncn3-c2ccc(F)c(Cl)c2)c1. The smallest absolute Gasteiger partial charge is 0.226 e. The first-order valence-electron chi connectivity index (χ1n) is 8.56. The number of anilines is 1. The highest BCUT2D eigenvalue weighted by atomic mass is 35.5. The third kappa shape index (κ3) is 3.07. The Morgan fingerprint density at radius 2 is 2.04 bits per heavy atom. The van der Waals surface area contributed by atoms with Gasteiger partial charge >= 0.3 is 0 Å². The van der Waals surface area contributed by atoms with Gasteiger partial charge in [-0.3, -0.25) is 9.36 Å². The van der Waals surface area contributed by atoms with Crippen molar-refractivity contribution in [3.05, 3.63) is 64.8 Å². The minimum Gasteiger partial charge on any atom is -0.497 e. The highest BCUT2D eigenvalue weighted by Crippen LogP contribution is 2.42. The van der Waals surface area contributed by atoms with Crippen LogP contribution in [-0.2, 0) is 4.79 Å². The van der Waals surface area contributed by atoms with E-state index in [4.69, 9.17) is 21.1 Å². The molecular weight excluding hydrogens is 385 g/mol. The number of carbonyl (C=O) groups excluding carboxylic acids is 1. The van der Waals surface area contributed by atoms with Crippen molar-refractivity contribution < 1.29 is 18.7 Å². The Labute approximate surface area is 165 Å². The van der Waals surface area contributed by atoms with Crippen molar-refractivity contribution in [1.82, 2.24) is 9.55 Å². The van der Waals surface area contributed by atoms with Gasteiger partial charge in [0, 0.05) is 17.9 Å². The maximum Gasteiger partial charge on any atom is 0.226 e. The van der Waals surface area contributed by atoms with E-state index in [2.05, 4.69) is 10.3 Å². The number of hydrogen-bond acceptors (Lipinski definition) is 4. The Kier molecular flexibility index (Phi) is 4.68. The minimum atomic E-state index is -0.512. The van der Waals surface area contributed by atoms with Crippen molar-refractivity contribution in [2.75, 3.05) is 19.5 Å². The fourth-order valence-electron chi connectivity index (χ4n) is 3.41. The molecule has 0 saturated heterocycles. The van der Waals surface area contributed by atoms with E-state index in [1.54, 1.807) is 43.3 Å². The van der Waals surface area contributed by atoms with Crippen LogP contribution < -0.4 is 14.8 Å². The number of amides is 1. The normalized spacial score (nSPS) is 15.7. The Balaban J connectivity index is 1.84. The number of nitrogens with one attached hydrogen (secondary N) is 1. The van der Waals surface area contributed by atoms with Gasteiger partial charge in [-0.2, -0.15) is 0 Å². The second kappa shape index (κ2) is 7.16. The molecule has 0 unspecified atom stereocenters. The average molecular weight is 402 g/mol. The van der Waals surface area contributed by atoms with Crippen LogP contribution in [0.4, 0.5) is 10.2 Å². The molecule has 8 heteroatoms. The van der Waals surface area contributed by atoms with Crippen molar-refractivity contribution >= 4 is 23.3 Å². The summed E-state index contributed by atoms with van der Waals surface area (Å²) in [6.45, 7) is 0. The number of aromatic nitrogens is 2. The van der Waals surface area contributed by atoms with Gasteiger partial charge in [-0.25, -0.2) is 9.37 Å². The van der Waals surface area contributed by atoms with E-state index < -0.39 is 5.82 Å². The fraction of sp³-hybridized carbons (Fsp3) is 0.200. The first kappa shape index (κ1) is 18.3. The highest BCUT2D eigenvalue weighted by Gasteiger charge is 2.33. The van der Waals surface area contributed by atoms with Crippen LogP contribution >= 0.6 is 11.6 Å². The number of imidazole rings is 1. The van der Waals surface area contributed by atoms with Crippen LogP contribution in [0.5, 0.6) is 11.5 Å². The second-order valence-corrected chi connectivity index (χ2v) is 6.77. The minimum absolute atomic E-state index is 0.00639. The maximum atomic E-state index is 13.5. The summed E-state index contributed by atoms with van der Waals surface area (Å²) in [5, 5.41) is 2.85. The Bertz CT molecular complexity index is 1070. The predicted molar refractivity (Wildman–Crippen MR) is 103 cm³/mol. The van der Waals surface area contributed by atoms with Crippen LogP contribution in [0.2, 0.25) is 5.02 Å². The Morgan fingerprint density at radius 1 is 1.21 bits per heavy atom. The molecule has 1 aromatic heterocycles. The van der Waals surface area contributed by atoms with Crippen molar-refractivity contribution in [1.29, 1.82) is 0 Å². The van der Waals surface area contributed by atoms with Crippen LogP contribution in [-0.4, -0.2) is 29.7 Å². The molecule has 3 aromatic rings. The van der Waals surface area contributed by atoms with E-state index in [0.29, 0.717) is 28.7 Å². The zero-order valence-corrected chi connectivity index (χ0v) is 16.0. The molecule has 0 saturated carbocycles. The van der Waals surface area contributed by atoms with Gasteiger partial charge in [0.25, 0.3) is 0 Å². The van der Waals surface area contributed by atoms with E-state index in [-0.39, 0.29) is 23.3 Å². The van der Waals surface area contributed by atoms with Gasteiger partial charge in [0.15, 0.2) is 0 Å². The van der Waals surface area contributed by atoms with Crippen molar-refractivity contribution in [3.8, 4) is 17.2 Å². The van der Waals surface area contributed by atoms with Gasteiger partial charge in [-0.15, -0.1) is 0 Å². The number of halogens is 2. The molecule has 0 radical (unpaired) electrons. The molecule has 1 N–H and O–H groups in total. The van der Waals surface area contributed by atoms with Crippen LogP contribution in [0.3, 0.4) is 0 Å². The number of hydrogen-bond donors (Lipinski definition) is 1. The quantitative estimate of drug-likeness (QED) is 0.713. The third-order valence-corrected chi connectivity index (χ3v) is 5.06. The summed E-state index contributed by atoms with van der Waals surface area (Å²) in [7, 11) is 3.16. The molecule has 2 aromatic carbocycles. The summed E-state index contributed by atoms with van der Waals surface area (Å²) >= 11 is 5.91. The molecule has 2 heterocycles. The van der Waals surface area contributed by atoms with Crippen LogP contribution in [0.25, 0.3) is 5.69 Å². The van der Waals surface area contributed by atoms with Crippen LogP contribution in [0, 0.1) is 5.82 Å². The zero-order chi connectivity index (χ0) is 19.8. The second-order valence-electron chi connectivity index (χ2n) is 6.36. The molecule has 1 aliphatic rings. The van der Waals surface area contributed by atoms with E-state index >= 15 is 0 Å². The third-order valence-electron chi connectivity index (χ3n) is 4.77. The number of nitrogens with zero attached hydrogens (tertiary/aromatic N) is 2. The summed E-state index contributed by atoms with van der Waals surface area (Å²) < 4.78 is 26.0. The van der Waals surface area contributed by atoms with Gasteiger partial charge in [-0.05, 0) is 36.4 Å². The average Bonchev–Trinajstić information content (AvgIpc) is 3.12. The maximum absolute atomic E-state index is 13.5. The Hall–Kier alpha value is -3.06. The fourth-order valence-corrected chi connectivity index (χ4v) is 3.58. The number of benzene rings is 2. The summed E-state index contributed by atoms with van der Waals surface area (Å²) in [5.41, 5.74) is 2.09. The zero-order valence-electron chi connectivity index (χ0n) is 15.2. The monoisotopic (exact) mass is 401 g/mol. The highest BCUT2D eigenvalue weighted by molar-refractivity contribution is 6.30. The lowest BCUT2D eigenvalue weighted by molar-refractivity contribution is -0.116. The lowest BCUT2D eigenvalue weighted by atomic mass is 9.89. The van der Waals surface area contributed by atoms with E-state index in [0.717, 1.165) is 5.56 Å². The topological polar surface area (TPSA) is 65.4 Å². The molecule has 6 nitrogen and oxygen atoms in total. The van der Waals surface area contributed by atoms with Crippen LogP contribution in [0.15, 0.2) is 42.7 Å². The first-order chi connectivity index (χ1) is 13.5. The molecular formula is C20H17ClFN3O3. The molecule has 144 valence electrons. The lowest BCUT2D eigenvalue weighted by Crippen LogP contribution is -2.25. The standard InChI is InChI=1S/C20H17ClFN3O3/c1-27-12-4-6-17(28-2)13(8-12)14-9-18(26)24-20-19(14)23-10-25(20)11-3-5-16(22)15(21)7-11/h3-8,10,14H,9H2,1-2H3,(H,24,26)/t14-/m0/s1. The molecule has 0 fully saturated rings. The molecule has 1 aliphatic heterocycles. The van der Waals surface area contributed by atoms with Crippen molar-refractivity contribution in [2.45, 2.75) is 12.3 Å². The van der Waals surface area contributed by atoms with E-state index in [1.807, 2.05) is 6.07 Å². The molecule has 4 rings (SSSR count). The van der Waals surface area contributed by atoms with Gasteiger partial charge < -0.3 is 14.8 Å². The predicted octanol–water partition coefficient (Wildman–Crippen LogP) is 4.16. The molecule has 28 heavy (non-hydrogen) atoms. The van der Waals surface area contributed by atoms with Crippen molar-refractivity contribution in [3.63, 3.8) is 0 Å². The van der Waals surface area contributed by atoms with Gasteiger partial charge in [-0.1, -0.05) is 11.6 Å². The number of ether oxygens (including phenoxy) is 2. The number of rotatable bonds is 4. The molecule has 1 atom stereocenters. The molecule has 0 bridgehead atoms. The number of fused-ring (bicyclic) bond motifs is 1. The molecule has 0 spiro atoms. The van der Waals surface area contributed by atoms with Gasteiger partial charge in [0.2, 0.25) is 5.91 Å². The van der Waals surface area contributed by atoms with E-state index in [9.17, 15) is 9.18 Å². The van der Waals surface area contributed by atoms with E-state index in [1.165, 1.54) is 12.1 Å². The lowest BCUT2D eigenvalue weighted by Gasteiger charge is -2.25. The number of methoxy groups -OCH3 is 2. The number of carbonyl (C=O) groups is 1. The molecule has 1 amide bonds. The van der Waals surface area contributed by atoms with Gasteiger partial charge in [0.05, 0.1) is 30.6 Å². The van der Waals surface area contributed by atoms with Gasteiger partial charge in [0.1, 0.15) is 29.5 Å². The summed E-state index contributed by atoms with van der Waals surface area (Å²) in [6, 6.07) is 9.78. The summed E-state index contributed by atoms with van der Waals surface area (Å²) in [6.07, 6.45) is 1.80. The molecule has 0 aliphatic carbocycles. The Morgan fingerprint density at radius 3 is 2.75 bits per heavy atom. The van der Waals surface area contributed by atoms with Crippen molar-refractivity contribution in [2.24, 2.45) is 0 Å². The largest absolute Gasteiger partial charge is 0.497 e. The summed E-state index contributed by atoms with van der Waals surface area (Å²) in [5.74, 6) is 0.846.